The van der Waals surface area contributed by atoms with Crippen LogP contribution in [0.2, 0.25) is 0 Å². The molecule has 0 fully saturated rings. The van der Waals surface area contributed by atoms with Gasteiger partial charge in [0.2, 0.25) is 11.2 Å². The molecule has 13 heavy (non-hydrogen) atoms. The monoisotopic (exact) mass is 173 g/mol. The molecule has 0 amide bonds. The van der Waals surface area contributed by atoms with E-state index in [0.717, 1.165) is 11.8 Å². The molecule has 0 spiro atoms. The lowest BCUT2D eigenvalue weighted by Gasteiger charge is -1.88. The molecule has 1 aromatic carbocycles. The van der Waals surface area contributed by atoms with Crippen LogP contribution in [0.25, 0.3) is 11.1 Å². The summed E-state index contributed by atoms with van der Waals surface area (Å²) < 4.78 is 0. The maximum absolute atomic E-state index is 9.03. The van der Waals surface area contributed by atoms with Gasteiger partial charge in [0, 0.05) is 0 Å². The summed E-state index contributed by atoms with van der Waals surface area (Å²) in [5, 5.41) is 17.1. The fraction of sp³-hybridized carbons (Fsp3) is 0. The van der Waals surface area contributed by atoms with Crippen LogP contribution in [0.3, 0.4) is 0 Å². The molecule has 0 bridgehead atoms. The van der Waals surface area contributed by atoms with E-state index < -0.39 is 0 Å². The first-order valence-corrected chi connectivity index (χ1v) is 3.79. The second-order valence-corrected chi connectivity index (χ2v) is 2.41. The van der Waals surface area contributed by atoms with E-state index in [-0.39, 0.29) is 5.76 Å². The van der Waals surface area contributed by atoms with Crippen molar-refractivity contribution in [1.29, 1.82) is 5.39 Å². The Labute approximate surface area is 76.3 Å². The first-order valence-electron chi connectivity index (χ1n) is 3.79. The number of allylic oxidation sites excluding steroid dienone is 1. The molecule has 0 saturated carbocycles. The highest BCUT2D eigenvalue weighted by molar-refractivity contribution is 5.51. The topological polar surface area (TPSA) is 48.4 Å². The van der Waals surface area contributed by atoms with Crippen molar-refractivity contribution in [2.24, 2.45) is 0 Å². The molecule has 0 heterocycles. The molecule has 1 N–H and O–H groups in total. The first kappa shape index (κ1) is 9.01. The fourth-order valence-corrected chi connectivity index (χ4v) is 0.848. The van der Waals surface area contributed by atoms with Crippen LogP contribution in [0.1, 0.15) is 5.56 Å². The van der Waals surface area contributed by atoms with E-state index in [9.17, 15) is 0 Å². The normalized spacial score (nSPS) is 11.5. The maximum Gasteiger partial charge on any atom is 0.391 e. The van der Waals surface area contributed by atoms with Gasteiger partial charge in [-0.1, -0.05) is 36.4 Å². The van der Waals surface area contributed by atoms with Crippen molar-refractivity contribution in [1.82, 2.24) is 0 Å². The van der Waals surface area contributed by atoms with E-state index in [1.54, 1.807) is 6.08 Å². The summed E-state index contributed by atoms with van der Waals surface area (Å²) in [6, 6.07) is 9.52. The van der Waals surface area contributed by atoms with Gasteiger partial charge in [0.05, 0.1) is 0 Å². The predicted molar refractivity (Wildman–Crippen MR) is 51.3 cm³/mol. The average molecular weight is 173 g/mol. The summed E-state index contributed by atoms with van der Waals surface area (Å²) in [7, 11) is 0. The third kappa shape index (κ3) is 3.21. The average Bonchev–Trinajstić information content (AvgIpc) is 2.17. The summed E-state index contributed by atoms with van der Waals surface area (Å²) >= 11 is 0. The Morgan fingerprint density at radius 3 is 2.62 bits per heavy atom. The van der Waals surface area contributed by atoms with Crippen LogP contribution in [-0.4, -0.2) is 5.11 Å². The smallest absolute Gasteiger partial charge is 0.391 e. The second kappa shape index (κ2) is 4.73. The number of nitrogens with zero attached hydrogens (tertiary/aromatic N) is 2. The van der Waals surface area contributed by atoms with Crippen LogP contribution in [0, 0.1) is 5.39 Å². The minimum atomic E-state index is -0.0913. The molecule has 1 aromatic rings. The zero-order chi connectivity index (χ0) is 9.52. The SMILES string of the molecule is N#[N+]/C=C(O)/C=C/c1ccccc1. The second-order valence-electron chi connectivity index (χ2n) is 2.41. The molecular weight excluding hydrogens is 164 g/mol. The molecule has 64 valence electrons. The van der Waals surface area contributed by atoms with E-state index in [1.807, 2.05) is 30.3 Å². The van der Waals surface area contributed by atoms with E-state index in [4.69, 9.17) is 10.5 Å². The Bertz CT molecular complexity index is 360. The molecule has 3 nitrogen and oxygen atoms in total. The van der Waals surface area contributed by atoms with Gasteiger partial charge in [-0.25, -0.2) is 0 Å². The molecule has 0 atom stereocenters. The number of diazo groups is 1. The van der Waals surface area contributed by atoms with Crippen molar-refractivity contribution in [3.63, 3.8) is 0 Å². The predicted octanol–water partition coefficient (Wildman–Crippen LogP) is 2.95. The van der Waals surface area contributed by atoms with Gasteiger partial charge in [-0.2, -0.15) is 0 Å². The third-order valence-electron chi connectivity index (χ3n) is 1.44. The highest BCUT2D eigenvalue weighted by atomic mass is 16.3. The van der Waals surface area contributed by atoms with Crippen molar-refractivity contribution >= 4 is 6.08 Å². The zero-order valence-electron chi connectivity index (χ0n) is 6.96. The summed E-state index contributed by atoms with van der Waals surface area (Å²) in [4.78, 5) is 2.68. The summed E-state index contributed by atoms with van der Waals surface area (Å²) in [5.41, 5.74) is 0.973. The largest absolute Gasteiger partial charge is 0.502 e. The molecule has 0 radical (unpaired) electrons. The van der Waals surface area contributed by atoms with Gasteiger partial charge in [0.15, 0.2) is 4.98 Å². The molecule has 0 aromatic heterocycles. The van der Waals surface area contributed by atoms with Gasteiger partial charge < -0.3 is 5.11 Å². The van der Waals surface area contributed by atoms with Crippen LogP contribution < -0.4 is 0 Å². The maximum atomic E-state index is 9.03. The number of aliphatic hydroxyl groups excluding tert-OH is 1. The molecule has 0 aliphatic heterocycles. The number of hydrogen-bond donors (Lipinski definition) is 1. The Morgan fingerprint density at radius 2 is 2.00 bits per heavy atom. The van der Waals surface area contributed by atoms with Crippen LogP contribution in [-0.2, 0) is 0 Å². The quantitative estimate of drug-likeness (QED) is 0.424. The van der Waals surface area contributed by atoms with E-state index >= 15 is 0 Å². The Morgan fingerprint density at radius 1 is 1.31 bits per heavy atom. The van der Waals surface area contributed by atoms with Crippen molar-refractivity contribution in [3.8, 4) is 0 Å². The van der Waals surface area contributed by atoms with E-state index in [1.165, 1.54) is 6.08 Å². The summed E-state index contributed by atoms with van der Waals surface area (Å²) in [5.74, 6) is -0.0913. The molecule has 0 saturated heterocycles. The van der Waals surface area contributed by atoms with Gasteiger partial charge in [-0.05, 0) is 11.6 Å². The number of hydrogen-bond acceptors (Lipinski definition) is 2. The van der Waals surface area contributed by atoms with Gasteiger partial charge in [-0.3, -0.25) is 0 Å². The molecule has 1 rings (SSSR count). The van der Waals surface area contributed by atoms with Crippen LogP contribution in [0.4, 0.5) is 0 Å². The Hall–Kier alpha value is -2.08. The van der Waals surface area contributed by atoms with Crippen LogP contribution >= 0.6 is 0 Å². The molecular formula is C10H9N2O+. The zero-order valence-corrected chi connectivity index (χ0v) is 6.96. The van der Waals surface area contributed by atoms with Gasteiger partial charge in [0.25, 0.3) is 0 Å². The van der Waals surface area contributed by atoms with Crippen molar-refractivity contribution in [3.05, 3.63) is 58.9 Å². The summed E-state index contributed by atoms with van der Waals surface area (Å²) in [6.45, 7) is 0. The number of aliphatic hydroxyl groups is 1. The van der Waals surface area contributed by atoms with Crippen molar-refractivity contribution in [2.45, 2.75) is 0 Å². The minimum Gasteiger partial charge on any atom is -0.502 e. The summed E-state index contributed by atoms with van der Waals surface area (Å²) in [6.07, 6.45) is 4.13. The number of rotatable bonds is 2. The van der Waals surface area contributed by atoms with Gasteiger partial charge >= 0.3 is 6.20 Å². The Kier molecular flexibility index (Phi) is 3.28. The van der Waals surface area contributed by atoms with E-state index in [0.29, 0.717) is 0 Å². The lowest BCUT2D eigenvalue weighted by Crippen LogP contribution is -1.72. The molecule has 0 aliphatic rings. The standard InChI is InChI=1S/C10H8N2O/c11-12-8-10(13)7-6-9-4-2-1-3-5-9/h1-8H/p+1/b7-6+,10-8-. The van der Waals surface area contributed by atoms with Crippen molar-refractivity contribution < 1.29 is 5.11 Å². The fourth-order valence-electron chi connectivity index (χ4n) is 0.848. The molecule has 3 heteroatoms. The van der Waals surface area contributed by atoms with Gasteiger partial charge in [-0.15, -0.1) is 0 Å². The molecule has 0 aliphatic carbocycles. The van der Waals surface area contributed by atoms with Crippen LogP contribution in [0.5, 0.6) is 0 Å². The van der Waals surface area contributed by atoms with E-state index in [2.05, 4.69) is 4.98 Å². The Balaban J connectivity index is 2.71. The van der Waals surface area contributed by atoms with Crippen LogP contribution in [0.15, 0.2) is 48.4 Å². The minimum absolute atomic E-state index is 0.0913. The molecule has 0 unspecified atom stereocenters. The van der Waals surface area contributed by atoms with Gasteiger partial charge in [0.1, 0.15) is 0 Å². The highest BCUT2D eigenvalue weighted by Gasteiger charge is 1.91. The number of benzene rings is 1. The third-order valence-corrected chi connectivity index (χ3v) is 1.44. The lowest BCUT2D eigenvalue weighted by molar-refractivity contribution is 0.433. The lowest BCUT2D eigenvalue weighted by atomic mass is 10.2. The highest BCUT2D eigenvalue weighted by Crippen LogP contribution is 2.03. The first-order chi connectivity index (χ1) is 6.33. The van der Waals surface area contributed by atoms with Crippen molar-refractivity contribution in [2.75, 3.05) is 0 Å².